The van der Waals surface area contributed by atoms with E-state index in [1.807, 2.05) is 12.3 Å². The standard InChI is InChI=1S/C18H16N2/c1-11-12(2)18-15-8-5-4-7-14(15)17-16(9-6-10-19-17)20(18)13(11)3/h4-10H,1-3H3. The van der Waals surface area contributed by atoms with Crippen molar-refractivity contribution in [2.24, 2.45) is 0 Å². The third kappa shape index (κ3) is 1.26. The van der Waals surface area contributed by atoms with Gasteiger partial charge < -0.3 is 4.40 Å². The minimum Gasteiger partial charge on any atom is -0.311 e. The summed E-state index contributed by atoms with van der Waals surface area (Å²) >= 11 is 0. The van der Waals surface area contributed by atoms with Crippen LogP contribution < -0.4 is 0 Å². The van der Waals surface area contributed by atoms with Gasteiger partial charge in [0.05, 0.1) is 16.6 Å². The zero-order chi connectivity index (χ0) is 13.9. The summed E-state index contributed by atoms with van der Waals surface area (Å²) in [6.45, 7) is 6.61. The van der Waals surface area contributed by atoms with Crippen LogP contribution in [-0.4, -0.2) is 9.38 Å². The molecule has 0 saturated heterocycles. The number of fused-ring (bicyclic) bond motifs is 6. The third-order valence-electron chi connectivity index (χ3n) is 4.48. The molecule has 4 rings (SSSR count). The second kappa shape index (κ2) is 3.83. The molecule has 0 radical (unpaired) electrons. The maximum atomic E-state index is 4.62. The number of pyridine rings is 2. The fourth-order valence-corrected chi connectivity index (χ4v) is 3.26. The van der Waals surface area contributed by atoms with Crippen LogP contribution in [0.5, 0.6) is 0 Å². The number of hydrogen-bond donors (Lipinski definition) is 0. The highest BCUT2D eigenvalue weighted by Gasteiger charge is 2.15. The highest BCUT2D eigenvalue weighted by atomic mass is 14.9. The second-order valence-electron chi connectivity index (χ2n) is 5.44. The van der Waals surface area contributed by atoms with Crippen molar-refractivity contribution in [2.75, 3.05) is 0 Å². The molecule has 0 aliphatic rings. The molecule has 0 bridgehead atoms. The molecule has 0 saturated carbocycles. The minimum absolute atomic E-state index is 1.08. The highest BCUT2D eigenvalue weighted by molar-refractivity contribution is 6.12. The Hall–Kier alpha value is -2.35. The van der Waals surface area contributed by atoms with Gasteiger partial charge in [0.1, 0.15) is 0 Å². The normalized spacial score (nSPS) is 11.8. The summed E-state index contributed by atoms with van der Waals surface area (Å²) in [7, 11) is 0. The lowest BCUT2D eigenvalue weighted by Crippen LogP contribution is -1.94. The third-order valence-corrected chi connectivity index (χ3v) is 4.48. The molecular weight excluding hydrogens is 244 g/mol. The first-order valence-electron chi connectivity index (χ1n) is 6.94. The largest absolute Gasteiger partial charge is 0.311 e. The average molecular weight is 260 g/mol. The summed E-state index contributed by atoms with van der Waals surface area (Å²) in [6.07, 6.45) is 1.87. The number of aryl methyl sites for hydroxylation is 2. The molecule has 2 heteroatoms. The number of nitrogens with zero attached hydrogens (tertiary/aromatic N) is 2. The molecule has 2 nitrogen and oxygen atoms in total. The van der Waals surface area contributed by atoms with Crippen molar-refractivity contribution >= 4 is 27.3 Å². The Balaban J connectivity index is 2.50. The van der Waals surface area contributed by atoms with E-state index in [2.05, 4.69) is 60.5 Å². The summed E-state index contributed by atoms with van der Waals surface area (Å²) in [5, 5.41) is 2.52. The van der Waals surface area contributed by atoms with Crippen LogP contribution in [-0.2, 0) is 0 Å². The van der Waals surface area contributed by atoms with Gasteiger partial charge in [0, 0.05) is 22.7 Å². The summed E-state index contributed by atoms with van der Waals surface area (Å²) in [6, 6.07) is 12.7. The van der Waals surface area contributed by atoms with E-state index in [4.69, 9.17) is 0 Å². The Bertz CT molecular complexity index is 898. The molecule has 0 aliphatic heterocycles. The summed E-state index contributed by atoms with van der Waals surface area (Å²) in [5.74, 6) is 0. The van der Waals surface area contributed by atoms with Crippen LogP contribution in [0, 0.1) is 20.8 Å². The molecule has 0 N–H and O–H groups in total. The van der Waals surface area contributed by atoms with Crippen molar-refractivity contribution in [1.82, 2.24) is 9.38 Å². The van der Waals surface area contributed by atoms with Gasteiger partial charge in [0.15, 0.2) is 0 Å². The first-order valence-corrected chi connectivity index (χ1v) is 6.94. The SMILES string of the molecule is Cc1c(C)c2c3ccccc3c3ncccc3n2c1C. The lowest BCUT2D eigenvalue weighted by Gasteiger charge is -2.10. The van der Waals surface area contributed by atoms with Gasteiger partial charge in [-0.3, -0.25) is 4.98 Å². The van der Waals surface area contributed by atoms with Crippen molar-refractivity contribution in [3.05, 3.63) is 59.4 Å². The van der Waals surface area contributed by atoms with E-state index < -0.39 is 0 Å². The van der Waals surface area contributed by atoms with Gasteiger partial charge >= 0.3 is 0 Å². The molecule has 98 valence electrons. The molecule has 0 fully saturated rings. The molecule has 3 aromatic heterocycles. The Kier molecular flexibility index (Phi) is 2.19. The Labute approximate surface area is 117 Å². The smallest absolute Gasteiger partial charge is 0.0949 e. The van der Waals surface area contributed by atoms with E-state index in [0.717, 1.165) is 5.52 Å². The van der Waals surface area contributed by atoms with Crippen molar-refractivity contribution in [1.29, 1.82) is 0 Å². The lowest BCUT2D eigenvalue weighted by molar-refractivity contribution is 1.14. The molecule has 0 amide bonds. The predicted octanol–water partition coefficient (Wildman–Crippen LogP) is 4.57. The molecule has 0 spiro atoms. The predicted molar refractivity (Wildman–Crippen MR) is 84.4 cm³/mol. The Morgan fingerprint density at radius 2 is 1.60 bits per heavy atom. The van der Waals surface area contributed by atoms with Crippen molar-refractivity contribution in [3.8, 4) is 0 Å². The van der Waals surface area contributed by atoms with Gasteiger partial charge in [-0.15, -0.1) is 0 Å². The average Bonchev–Trinajstić information content (AvgIpc) is 2.73. The first kappa shape index (κ1) is 11.5. The van der Waals surface area contributed by atoms with Crippen LogP contribution in [0.1, 0.15) is 16.8 Å². The van der Waals surface area contributed by atoms with Crippen LogP contribution in [0.25, 0.3) is 27.3 Å². The minimum atomic E-state index is 1.08. The monoisotopic (exact) mass is 260 g/mol. The van der Waals surface area contributed by atoms with Crippen LogP contribution in [0.15, 0.2) is 42.6 Å². The zero-order valence-corrected chi connectivity index (χ0v) is 11.9. The summed E-state index contributed by atoms with van der Waals surface area (Å²) < 4.78 is 2.36. The van der Waals surface area contributed by atoms with E-state index in [9.17, 15) is 0 Å². The fourth-order valence-electron chi connectivity index (χ4n) is 3.26. The van der Waals surface area contributed by atoms with Crippen molar-refractivity contribution in [3.63, 3.8) is 0 Å². The zero-order valence-electron chi connectivity index (χ0n) is 11.9. The van der Waals surface area contributed by atoms with E-state index in [1.54, 1.807) is 0 Å². The van der Waals surface area contributed by atoms with Gasteiger partial charge in [-0.25, -0.2) is 0 Å². The molecule has 4 aromatic rings. The van der Waals surface area contributed by atoms with Gasteiger partial charge in [0.25, 0.3) is 0 Å². The van der Waals surface area contributed by atoms with Crippen molar-refractivity contribution in [2.45, 2.75) is 20.8 Å². The van der Waals surface area contributed by atoms with Gasteiger partial charge in [-0.2, -0.15) is 0 Å². The van der Waals surface area contributed by atoms with Gasteiger partial charge in [-0.1, -0.05) is 24.3 Å². The molecule has 0 unspecified atom stereocenters. The van der Waals surface area contributed by atoms with Crippen LogP contribution in [0.3, 0.4) is 0 Å². The number of hydrogen-bond acceptors (Lipinski definition) is 1. The maximum Gasteiger partial charge on any atom is 0.0949 e. The van der Waals surface area contributed by atoms with Gasteiger partial charge in [-0.05, 0) is 44.0 Å². The van der Waals surface area contributed by atoms with Crippen LogP contribution in [0.4, 0.5) is 0 Å². The summed E-state index contributed by atoms with van der Waals surface area (Å²) in [5.41, 5.74) is 7.62. The molecule has 0 aliphatic carbocycles. The summed E-state index contributed by atoms with van der Waals surface area (Å²) in [4.78, 5) is 4.62. The van der Waals surface area contributed by atoms with E-state index in [-0.39, 0.29) is 0 Å². The molecule has 0 atom stereocenters. The number of rotatable bonds is 0. The Morgan fingerprint density at radius 3 is 2.40 bits per heavy atom. The van der Waals surface area contributed by atoms with Crippen LogP contribution in [0.2, 0.25) is 0 Å². The molecular formula is C18H16N2. The van der Waals surface area contributed by atoms with E-state index in [1.165, 1.54) is 38.6 Å². The first-order chi connectivity index (χ1) is 9.70. The molecule has 20 heavy (non-hydrogen) atoms. The van der Waals surface area contributed by atoms with Gasteiger partial charge in [0.2, 0.25) is 0 Å². The quantitative estimate of drug-likeness (QED) is 0.423. The van der Waals surface area contributed by atoms with Crippen molar-refractivity contribution < 1.29 is 0 Å². The lowest BCUT2D eigenvalue weighted by atomic mass is 10.1. The maximum absolute atomic E-state index is 4.62. The van der Waals surface area contributed by atoms with E-state index >= 15 is 0 Å². The highest BCUT2D eigenvalue weighted by Crippen LogP contribution is 2.33. The Morgan fingerprint density at radius 1 is 0.850 bits per heavy atom. The molecule has 1 aromatic carbocycles. The topological polar surface area (TPSA) is 17.3 Å². The fraction of sp³-hybridized carbons (Fsp3) is 0.167. The number of aromatic nitrogens is 2. The second-order valence-corrected chi connectivity index (χ2v) is 5.44. The van der Waals surface area contributed by atoms with Crippen LogP contribution >= 0.6 is 0 Å². The molecule has 3 heterocycles. The number of benzene rings is 1. The van der Waals surface area contributed by atoms with E-state index in [0.29, 0.717) is 0 Å².